The number of rotatable bonds is 6. The highest BCUT2D eigenvalue weighted by molar-refractivity contribution is 5.75. The summed E-state index contributed by atoms with van der Waals surface area (Å²) in [5.41, 5.74) is 2.69. The van der Waals surface area contributed by atoms with E-state index in [0.717, 1.165) is 19.5 Å². The minimum atomic E-state index is 0.0799. The third-order valence-electron chi connectivity index (χ3n) is 2.62. The summed E-state index contributed by atoms with van der Waals surface area (Å²) in [6.07, 6.45) is 1.58. The molecule has 0 aliphatic rings. The van der Waals surface area contributed by atoms with Gasteiger partial charge in [0, 0.05) is 26.6 Å². The predicted molar refractivity (Wildman–Crippen MR) is 66.2 cm³/mol. The van der Waals surface area contributed by atoms with Crippen LogP contribution in [0, 0.1) is 0 Å². The second-order valence-corrected chi connectivity index (χ2v) is 3.72. The van der Waals surface area contributed by atoms with Gasteiger partial charge in [0.2, 0.25) is 5.91 Å². The molecule has 3 heteroatoms. The van der Waals surface area contributed by atoms with Crippen LogP contribution in [0.1, 0.15) is 24.5 Å². The molecule has 1 aromatic rings. The second-order valence-electron chi connectivity index (χ2n) is 3.72. The molecule has 0 saturated heterocycles. The highest BCUT2D eigenvalue weighted by Gasteiger charge is 2.00. The maximum Gasteiger partial charge on any atom is 0.221 e. The Morgan fingerprint density at radius 3 is 2.56 bits per heavy atom. The lowest BCUT2D eigenvalue weighted by Gasteiger charge is -2.08. The van der Waals surface area contributed by atoms with Crippen LogP contribution < -0.4 is 10.6 Å². The number of benzene rings is 1. The largest absolute Gasteiger partial charge is 0.359 e. The zero-order valence-electron chi connectivity index (χ0n) is 10.0. The number of nitrogens with one attached hydrogen (secondary N) is 2. The highest BCUT2D eigenvalue weighted by atomic mass is 16.1. The van der Waals surface area contributed by atoms with Crippen molar-refractivity contribution in [1.29, 1.82) is 0 Å². The van der Waals surface area contributed by atoms with E-state index in [1.54, 1.807) is 7.05 Å². The van der Waals surface area contributed by atoms with Crippen LogP contribution >= 0.6 is 0 Å². The minimum Gasteiger partial charge on any atom is -0.359 e. The molecule has 88 valence electrons. The van der Waals surface area contributed by atoms with Crippen molar-refractivity contribution >= 4 is 5.91 Å². The molecule has 0 aliphatic carbocycles. The summed E-state index contributed by atoms with van der Waals surface area (Å²) < 4.78 is 0. The summed E-state index contributed by atoms with van der Waals surface area (Å²) in [5, 5.41) is 5.89. The van der Waals surface area contributed by atoms with Crippen molar-refractivity contribution in [2.45, 2.75) is 26.3 Å². The minimum absolute atomic E-state index is 0.0799. The van der Waals surface area contributed by atoms with Crippen molar-refractivity contribution in [2.75, 3.05) is 13.6 Å². The van der Waals surface area contributed by atoms with Gasteiger partial charge in [-0.3, -0.25) is 4.79 Å². The zero-order chi connectivity index (χ0) is 11.8. The Bertz CT molecular complexity index is 336. The summed E-state index contributed by atoms with van der Waals surface area (Å²) >= 11 is 0. The van der Waals surface area contributed by atoms with Gasteiger partial charge in [-0.05, 0) is 17.5 Å². The molecule has 0 atom stereocenters. The van der Waals surface area contributed by atoms with E-state index in [4.69, 9.17) is 0 Å². The standard InChI is InChI=1S/C13H20N2O/c1-3-11-6-4-5-7-12(11)10-15-9-8-13(16)14-2/h4-7,15H,3,8-10H2,1-2H3,(H,14,16). The lowest BCUT2D eigenvalue weighted by atomic mass is 10.1. The SMILES string of the molecule is CCc1ccccc1CNCCC(=O)NC. The molecule has 0 fully saturated rings. The van der Waals surface area contributed by atoms with Crippen LogP contribution in [0.5, 0.6) is 0 Å². The Kier molecular flexibility index (Phi) is 5.57. The summed E-state index contributed by atoms with van der Waals surface area (Å²) in [7, 11) is 1.66. The molecule has 2 N–H and O–H groups in total. The van der Waals surface area contributed by atoms with E-state index < -0.39 is 0 Å². The molecular weight excluding hydrogens is 200 g/mol. The van der Waals surface area contributed by atoms with Crippen LogP contribution in [-0.2, 0) is 17.8 Å². The number of aryl methyl sites for hydroxylation is 1. The Morgan fingerprint density at radius 2 is 1.94 bits per heavy atom. The van der Waals surface area contributed by atoms with Crippen molar-refractivity contribution in [1.82, 2.24) is 10.6 Å². The third-order valence-corrected chi connectivity index (χ3v) is 2.62. The fraction of sp³-hybridized carbons (Fsp3) is 0.462. The van der Waals surface area contributed by atoms with E-state index in [2.05, 4.69) is 41.8 Å². The molecule has 0 bridgehead atoms. The van der Waals surface area contributed by atoms with Crippen molar-refractivity contribution in [3.8, 4) is 0 Å². The predicted octanol–water partition coefficient (Wildman–Crippen LogP) is 1.47. The maximum atomic E-state index is 11.0. The Balaban J connectivity index is 2.34. The van der Waals surface area contributed by atoms with E-state index in [9.17, 15) is 4.79 Å². The van der Waals surface area contributed by atoms with Crippen LogP contribution in [0.2, 0.25) is 0 Å². The van der Waals surface area contributed by atoms with Crippen LogP contribution in [0.4, 0.5) is 0 Å². The van der Waals surface area contributed by atoms with Gasteiger partial charge in [0.15, 0.2) is 0 Å². The average molecular weight is 220 g/mol. The highest BCUT2D eigenvalue weighted by Crippen LogP contribution is 2.08. The number of carbonyl (C=O) groups is 1. The van der Waals surface area contributed by atoms with Crippen LogP contribution in [0.3, 0.4) is 0 Å². The number of hydrogen-bond acceptors (Lipinski definition) is 2. The summed E-state index contributed by atoms with van der Waals surface area (Å²) in [6.45, 7) is 3.71. The van der Waals surface area contributed by atoms with Crippen molar-refractivity contribution < 1.29 is 4.79 Å². The average Bonchev–Trinajstić information content (AvgIpc) is 2.34. The molecule has 1 amide bonds. The Morgan fingerprint density at radius 1 is 1.25 bits per heavy atom. The van der Waals surface area contributed by atoms with Crippen LogP contribution in [-0.4, -0.2) is 19.5 Å². The first-order valence-electron chi connectivity index (χ1n) is 5.76. The molecule has 16 heavy (non-hydrogen) atoms. The van der Waals surface area contributed by atoms with Gasteiger partial charge >= 0.3 is 0 Å². The van der Waals surface area contributed by atoms with Gasteiger partial charge in [0.25, 0.3) is 0 Å². The molecule has 0 aromatic heterocycles. The Labute approximate surface area is 97.2 Å². The summed E-state index contributed by atoms with van der Waals surface area (Å²) in [5.74, 6) is 0.0799. The van der Waals surface area contributed by atoms with Gasteiger partial charge in [-0.25, -0.2) is 0 Å². The molecule has 0 heterocycles. The van der Waals surface area contributed by atoms with Crippen LogP contribution in [0.15, 0.2) is 24.3 Å². The van der Waals surface area contributed by atoms with Crippen LogP contribution in [0.25, 0.3) is 0 Å². The molecule has 3 nitrogen and oxygen atoms in total. The smallest absolute Gasteiger partial charge is 0.221 e. The molecule has 1 rings (SSSR count). The number of amides is 1. The summed E-state index contributed by atoms with van der Waals surface area (Å²) in [6, 6.07) is 8.39. The third kappa shape index (κ3) is 4.03. The van der Waals surface area contributed by atoms with E-state index >= 15 is 0 Å². The fourth-order valence-electron chi connectivity index (χ4n) is 1.62. The first-order valence-corrected chi connectivity index (χ1v) is 5.76. The number of carbonyl (C=O) groups excluding carboxylic acids is 1. The monoisotopic (exact) mass is 220 g/mol. The maximum absolute atomic E-state index is 11.0. The lowest BCUT2D eigenvalue weighted by molar-refractivity contribution is -0.120. The first-order chi connectivity index (χ1) is 7.77. The fourth-order valence-corrected chi connectivity index (χ4v) is 1.62. The molecule has 0 unspecified atom stereocenters. The molecular formula is C13H20N2O. The van der Waals surface area contributed by atoms with E-state index in [1.165, 1.54) is 11.1 Å². The first kappa shape index (κ1) is 12.7. The molecule has 0 saturated carbocycles. The van der Waals surface area contributed by atoms with Gasteiger partial charge in [-0.1, -0.05) is 31.2 Å². The normalized spacial score (nSPS) is 10.1. The van der Waals surface area contributed by atoms with E-state index in [-0.39, 0.29) is 5.91 Å². The van der Waals surface area contributed by atoms with E-state index in [0.29, 0.717) is 6.42 Å². The quantitative estimate of drug-likeness (QED) is 0.713. The van der Waals surface area contributed by atoms with Crippen molar-refractivity contribution in [2.24, 2.45) is 0 Å². The molecule has 0 radical (unpaired) electrons. The van der Waals surface area contributed by atoms with Gasteiger partial charge in [0.05, 0.1) is 0 Å². The lowest BCUT2D eigenvalue weighted by Crippen LogP contribution is -2.24. The molecule has 0 aliphatic heterocycles. The Hall–Kier alpha value is -1.35. The van der Waals surface area contributed by atoms with Gasteiger partial charge in [-0.2, -0.15) is 0 Å². The van der Waals surface area contributed by atoms with E-state index in [1.807, 2.05) is 0 Å². The summed E-state index contributed by atoms with van der Waals surface area (Å²) in [4.78, 5) is 11.0. The van der Waals surface area contributed by atoms with Gasteiger partial charge in [0.1, 0.15) is 0 Å². The van der Waals surface area contributed by atoms with Gasteiger partial charge in [-0.15, -0.1) is 0 Å². The zero-order valence-corrected chi connectivity index (χ0v) is 10.0. The van der Waals surface area contributed by atoms with Gasteiger partial charge < -0.3 is 10.6 Å². The molecule has 1 aromatic carbocycles. The number of hydrogen-bond donors (Lipinski definition) is 2. The second kappa shape index (κ2) is 7.01. The van der Waals surface area contributed by atoms with Crippen molar-refractivity contribution in [3.05, 3.63) is 35.4 Å². The van der Waals surface area contributed by atoms with Crippen molar-refractivity contribution in [3.63, 3.8) is 0 Å². The molecule has 0 spiro atoms. The topological polar surface area (TPSA) is 41.1 Å².